The van der Waals surface area contributed by atoms with Gasteiger partial charge < -0.3 is 15.4 Å². The highest BCUT2D eigenvalue weighted by Gasteiger charge is 2.17. The van der Waals surface area contributed by atoms with Gasteiger partial charge in [-0.2, -0.15) is 0 Å². The van der Waals surface area contributed by atoms with Gasteiger partial charge in [-0.3, -0.25) is 14.9 Å². The molecule has 0 bridgehead atoms. The van der Waals surface area contributed by atoms with E-state index in [4.69, 9.17) is 17.0 Å². The summed E-state index contributed by atoms with van der Waals surface area (Å²) in [5, 5.41) is 8.61. The van der Waals surface area contributed by atoms with Crippen LogP contribution in [0.2, 0.25) is 0 Å². The molecule has 0 aromatic heterocycles. The summed E-state index contributed by atoms with van der Waals surface area (Å²) >= 11 is 8.65. The molecule has 6 nitrogen and oxygen atoms in total. The molecule has 154 valence electrons. The summed E-state index contributed by atoms with van der Waals surface area (Å²) in [5.74, 6) is 0.0788. The van der Waals surface area contributed by atoms with Crippen LogP contribution in [0.5, 0.6) is 5.75 Å². The van der Waals surface area contributed by atoms with Gasteiger partial charge in [0.25, 0.3) is 5.91 Å². The van der Waals surface area contributed by atoms with Crippen LogP contribution in [0.3, 0.4) is 0 Å². The molecular weight excluding hydrogens is 454 g/mol. The smallest absolute Gasteiger partial charge is 0.261 e. The number of nitrogens with one attached hydrogen (secondary N) is 3. The maximum atomic E-state index is 12.6. The monoisotopic (exact) mass is 477 g/mol. The second-order valence-electron chi connectivity index (χ2n) is 6.44. The number of hydrogen-bond donors (Lipinski definition) is 3. The van der Waals surface area contributed by atoms with Gasteiger partial charge in [0.2, 0.25) is 5.91 Å². The number of carbonyl (C=O) groups excluding carboxylic acids is 2. The van der Waals surface area contributed by atoms with Crippen molar-refractivity contribution in [1.82, 2.24) is 5.32 Å². The fourth-order valence-corrected chi connectivity index (χ4v) is 3.52. The minimum atomic E-state index is -0.382. The van der Waals surface area contributed by atoms with E-state index in [1.54, 1.807) is 30.3 Å². The molecule has 0 radical (unpaired) electrons. The van der Waals surface area contributed by atoms with Crippen LogP contribution < -0.4 is 20.7 Å². The third kappa shape index (κ3) is 6.83. The molecule has 0 heterocycles. The van der Waals surface area contributed by atoms with E-state index >= 15 is 0 Å². The molecule has 0 unspecified atom stereocenters. The maximum absolute atomic E-state index is 12.6. The van der Waals surface area contributed by atoms with E-state index in [2.05, 4.69) is 31.9 Å². The van der Waals surface area contributed by atoms with Crippen LogP contribution in [0.15, 0.2) is 40.9 Å². The van der Waals surface area contributed by atoms with Gasteiger partial charge in [-0.05, 0) is 61.5 Å². The molecule has 2 aromatic carbocycles. The highest BCUT2D eigenvalue weighted by atomic mass is 79.9. The summed E-state index contributed by atoms with van der Waals surface area (Å²) in [6, 6.07) is 10.7. The number of halogens is 1. The largest absolute Gasteiger partial charge is 0.496 e. The molecule has 0 spiro atoms. The molecule has 0 aliphatic heterocycles. The molecule has 0 saturated carbocycles. The molecule has 29 heavy (non-hydrogen) atoms. The number of thiocarbonyl (C=S) groups is 1. The average molecular weight is 478 g/mol. The van der Waals surface area contributed by atoms with Crippen LogP contribution in [0.1, 0.15) is 42.1 Å². The van der Waals surface area contributed by atoms with Crippen molar-refractivity contribution in [3.63, 3.8) is 0 Å². The van der Waals surface area contributed by atoms with E-state index < -0.39 is 0 Å². The molecule has 0 fully saturated rings. The Morgan fingerprint density at radius 1 is 1.14 bits per heavy atom. The zero-order chi connectivity index (χ0) is 21.4. The van der Waals surface area contributed by atoms with Crippen LogP contribution in [-0.4, -0.2) is 24.0 Å². The predicted molar refractivity (Wildman–Crippen MR) is 124 cm³/mol. The first-order chi connectivity index (χ1) is 13.8. The molecule has 2 aromatic rings. The van der Waals surface area contributed by atoms with Crippen molar-refractivity contribution >= 4 is 56.4 Å². The van der Waals surface area contributed by atoms with Crippen LogP contribution in [-0.2, 0) is 4.79 Å². The minimum Gasteiger partial charge on any atom is -0.496 e. The molecule has 0 saturated heterocycles. The number of hydrogen-bond acceptors (Lipinski definition) is 4. The van der Waals surface area contributed by atoms with E-state index in [1.807, 2.05) is 19.9 Å². The number of benzene rings is 2. The molecule has 0 atom stereocenters. The first-order valence-electron chi connectivity index (χ1n) is 9.20. The number of rotatable bonds is 7. The fraction of sp³-hybridized carbons (Fsp3) is 0.286. The van der Waals surface area contributed by atoms with Gasteiger partial charge in [0.15, 0.2) is 5.11 Å². The second kappa shape index (κ2) is 10.9. The number of carbonyl (C=O) groups is 2. The van der Waals surface area contributed by atoms with Gasteiger partial charge in [-0.1, -0.05) is 35.3 Å². The molecule has 3 N–H and O–H groups in total. The normalized spacial score (nSPS) is 10.2. The first-order valence-corrected chi connectivity index (χ1v) is 10.4. The number of aryl methyl sites for hydroxylation is 1. The zero-order valence-electron chi connectivity index (χ0n) is 16.6. The average Bonchev–Trinajstić information content (AvgIpc) is 2.65. The van der Waals surface area contributed by atoms with Crippen molar-refractivity contribution < 1.29 is 14.3 Å². The van der Waals surface area contributed by atoms with Crippen LogP contribution in [0.4, 0.5) is 11.4 Å². The summed E-state index contributed by atoms with van der Waals surface area (Å²) in [6.45, 7) is 3.90. The summed E-state index contributed by atoms with van der Waals surface area (Å²) in [6.07, 6.45) is 2.29. The van der Waals surface area contributed by atoms with Gasteiger partial charge >= 0.3 is 0 Å². The van der Waals surface area contributed by atoms with Crippen LogP contribution in [0, 0.1) is 6.92 Å². The number of unbranched alkanes of at least 4 members (excludes halogenated alkanes) is 1. The van der Waals surface area contributed by atoms with Gasteiger partial charge in [0.05, 0.1) is 12.7 Å². The highest BCUT2D eigenvalue weighted by molar-refractivity contribution is 9.10. The van der Waals surface area contributed by atoms with Gasteiger partial charge in [-0.15, -0.1) is 0 Å². The number of ether oxygens (including phenoxy) is 1. The summed E-state index contributed by atoms with van der Waals surface area (Å²) in [7, 11) is 1.52. The van der Waals surface area contributed by atoms with Crippen molar-refractivity contribution in [2.75, 3.05) is 17.7 Å². The Bertz CT molecular complexity index is 918. The van der Waals surface area contributed by atoms with E-state index in [1.165, 1.54) is 7.11 Å². The molecule has 0 aliphatic carbocycles. The predicted octanol–water partition coefficient (Wildman–Crippen LogP) is 5.02. The second-order valence-corrected chi connectivity index (χ2v) is 7.77. The van der Waals surface area contributed by atoms with Gasteiger partial charge in [-0.25, -0.2) is 0 Å². The molecular formula is C21H24BrN3O3S. The van der Waals surface area contributed by atoms with Crippen LogP contribution in [0.25, 0.3) is 0 Å². The third-order valence-electron chi connectivity index (χ3n) is 4.08. The van der Waals surface area contributed by atoms with Crippen molar-refractivity contribution in [3.8, 4) is 5.75 Å². The van der Waals surface area contributed by atoms with E-state index in [0.29, 0.717) is 29.1 Å². The lowest BCUT2D eigenvalue weighted by molar-refractivity contribution is -0.116. The molecule has 2 rings (SSSR count). The van der Waals surface area contributed by atoms with E-state index in [0.717, 1.165) is 22.9 Å². The van der Waals surface area contributed by atoms with Crippen molar-refractivity contribution in [1.29, 1.82) is 0 Å². The minimum absolute atomic E-state index is 0.0306. The van der Waals surface area contributed by atoms with Gasteiger partial charge in [0.1, 0.15) is 5.75 Å². The number of methoxy groups -OCH3 is 1. The first kappa shape index (κ1) is 22.8. The Morgan fingerprint density at radius 3 is 2.48 bits per heavy atom. The lowest BCUT2D eigenvalue weighted by atomic mass is 10.1. The SMILES string of the molecule is CCCCC(=O)Nc1cccc(NC(=S)NC(=O)c2cc(Br)cc(C)c2OC)c1. The lowest BCUT2D eigenvalue weighted by Gasteiger charge is -2.14. The van der Waals surface area contributed by atoms with E-state index in [-0.39, 0.29) is 16.9 Å². The number of anilines is 2. The van der Waals surface area contributed by atoms with Crippen molar-refractivity contribution in [2.45, 2.75) is 33.1 Å². The fourth-order valence-electron chi connectivity index (χ4n) is 2.74. The Labute approximate surface area is 184 Å². The molecule has 8 heteroatoms. The Kier molecular flexibility index (Phi) is 8.60. The summed E-state index contributed by atoms with van der Waals surface area (Å²) < 4.78 is 6.12. The quantitative estimate of drug-likeness (QED) is 0.487. The van der Waals surface area contributed by atoms with Crippen LogP contribution >= 0.6 is 28.1 Å². The summed E-state index contributed by atoms with van der Waals surface area (Å²) in [5.41, 5.74) is 2.52. The van der Waals surface area contributed by atoms with Crippen molar-refractivity contribution in [2.24, 2.45) is 0 Å². The molecule has 0 aliphatic rings. The highest BCUT2D eigenvalue weighted by Crippen LogP contribution is 2.27. The Balaban J connectivity index is 2.03. The Hall–Kier alpha value is -2.45. The van der Waals surface area contributed by atoms with Crippen molar-refractivity contribution in [3.05, 3.63) is 52.0 Å². The standard InChI is InChI=1S/C21H24BrN3O3S/c1-4-5-9-18(26)23-15-7-6-8-16(12-15)24-21(29)25-20(27)17-11-14(22)10-13(2)19(17)28-3/h6-8,10-12H,4-5,9H2,1-3H3,(H,23,26)(H2,24,25,27,29). The number of amides is 2. The van der Waals surface area contributed by atoms with E-state index in [9.17, 15) is 9.59 Å². The zero-order valence-corrected chi connectivity index (χ0v) is 19.0. The molecule has 2 amide bonds. The lowest BCUT2D eigenvalue weighted by Crippen LogP contribution is -2.34. The Morgan fingerprint density at radius 2 is 1.83 bits per heavy atom. The summed E-state index contributed by atoms with van der Waals surface area (Å²) in [4.78, 5) is 24.5. The third-order valence-corrected chi connectivity index (χ3v) is 4.74. The maximum Gasteiger partial charge on any atom is 0.261 e. The van der Waals surface area contributed by atoms with Gasteiger partial charge in [0, 0.05) is 22.3 Å². The topological polar surface area (TPSA) is 79.5 Å².